The molecule has 5 N–H and O–H groups in total. The van der Waals surface area contributed by atoms with Gasteiger partial charge in [-0.2, -0.15) is 0 Å². The number of aromatic amines is 1. The lowest BCUT2D eigenvalue weighted by atomic mass is 10.0. The zero-order chi connectivity index (χ0) is 13.5. The maximum atomic E-state index is 11.8. The van der Waals surface area contributed by atoms with Crippen molar-refractivity contribution in [2.24, 2.45) is 5.73 Å². The Balaban J connectivity index is 2.98. The summed E-state index contributed by atoms with van der Waals surface area (Å²) in [4.78, 5) is 25.2. The van der Waals surface area contributed by atoms with Crippen LogP contribution in [-0.4, -0.2) is 16.1 Å². The predicted molar refractivity (Wildman–Crippen MR) is 72.6 cm³/mol. The quantitative estimate of drug-likeness (QED) is 0.619. The number of H-pyrrole nitrogens is 1. The highest BCUT2D eigenvalue weighted by Gasteiger charge is 2.14. The molecule has 102 valence electrons. The van der Waals surface area contributed by atoms with Crippen LogP contribution in [0.2, 0.25) is 0 Å². The van der Waals surface area contributed by atoms with E-state index in [4.69, 9.17) is 11.5 Å². The summed E-state index contributed by atoms with van der Waals surface area (Å²) in [5.74, 6) is 0.231. The lowest BCUT2D eigenvalue weighted by molar-refractivity contribution is 0.404. The molecule has 0 saturated heterocycles. The van der Waals surface area contributed by atoms with Crippen LogP contribution in [0.25, 0.3) is 0 Å². The van der Waals surface area contributed by atoms with Crippen LogP contribution in [0.5, 0.6) is 0 Å². The molecule has 0 aliphatic carbocycles. The summed E-state index contributed by atoms with van der Waals surface area (Å²) in [6.45, 7) is 2.71. The second kappa shape index (κ2) is 7.00. The summed E-state index contributed by atoms with van der Waals surface area (Å²) in [6, 6.07) is 1.29. The van der Waals surface area contributed by atoms with Crippen molar-refractivity contribution >= 4 is 5.82 Å². The molecule has 1 atom stereocenters. The lowest BCUT2D eigenvalue weighted by Gasteiger charge is -2.20. The van der Waals surface area contributed by atoms with Crippen molar-refractivity contribution < 1.29 is 0 Å². The van der Waals surface area contributed by atoms with Gasteiger partial charge in [0.1, 0.15) is 5.82 Å². The number of nitrogens with two attached hydrogens (primary N) is 2. The number of aromatic nitrogens is 2. The molecular weight excluding hydrogens is 232 g/mol. The van der Waals surface area contributed by atoms with Gasteiger partial charge in [-0.05, 0) is 25.8 Å². The standard InChI is InChI=1S/C12H22N4O2/c1-2-5-9(6-3-4-7-13)16-10(14)8-11(17)15-12(16)18/h8-9H,2-7,13-14H2,1H3,(H,15,17,18). The highest BCUT2D eigenvalue weighted by molar-refractivity contribution is 5.27. The summed E-state index contributed by atoms with van der Waals surface area (Å²) in [6.07, 6.45) is 4.55. The molecule has 6 nitrogen and oxygen atoms in total. The summed E-state index contributed by atoms with van der Waals surface area (Å²) >= 11 is 0. The maximum Gasteiger partial charge on any atom is 0.330 e. The first kappa shape index (κ1) is 14.5. The number of nitrogen functional groups attached to an aromatic ring is 1. The average molecular weight is 254 g/mol. The third-order valence-corrected chi connectivity index (χ3v) is 2.98. The molecule has 6 heteroatoms. The van der Waals surface area contributed by atoms with E-state index in [1.165, 1.54) is 10.6 Å². The monoisotopic (exact) mass is 254 g/mol. The lowest BCUT2D eigenvalue weighted by Crippen LogP contribution is -2.34. The van der Waals surface area contributed by atoms with Crippen LogP contribution in [0.3, 0.4) is 0 Å². The highest BCUT2D eigenvalue weighted by Crippen LogP contribution is 2.20. The molecule has 0 amide bonds. The first-order valence-corrected chi connectivity index (χ1v) is 6.41. The summed E-state index contributed by atoms with van der Waals surface area (Å²) in [5, 5.41) is 0. The van der Waals surface area contributed by atoms with Crippen molar-refractivity contribution in [3.05, 3.63) is 26.9 Å². The molecule has 18 heavy (non-hydrogen) atoms. The van der Waals surface area contributed by atoms with Gasteiger partial charge in [0.15, 0.2) is 0 Å². The van der Waals surface area contributed by atoms with E-state index in [1.807, 2.05) is 0 Å². The van der Waals surface area contributed by atoms with Crippen molar-refractivity contribution in [2.75, 3.05) is 12.3 Å². The van der Waals surface area contributed by atoms with E-state index >= 15 is 0 Å². The van der Waals surface area contributed by atoms with Gasteiger partial charge >= 0.3 is 5.69 Å². The Hall–Kier alpha value is -1.56. The molecule has 0 saturated carbocycles. The number of anilines is 1. The van der Waals surface area contributed by atoms with Crippen molar-refractivity contribution in [1.82, 2.24) is 9.55 Å². The van der Waals surface area contributed by atoms with Crippen molar-refractivity contribution in [1.29, 1.82) is 0 Å². The number of nitrogens with zero attached hydrogens (tertiary/aromatic N) is 1. The van der Waals surface area contributed by atoms with Crippen LogP contribution in [0.4, 0.5) is 5.82 Å². The van der Waals surface area contributed by atoms with E-state index in [1.54, 1.807) is 0 Å². The van der Waals surface area contributed by atoms with E-state index in [2.05, 4.69) is 11.9 Å². The Morgan fingerprint density at radius 3 is 2.61 bits per heavy atom. The van der Waals surface area contributed by atoms with Crippen LogP contribution in [0, 0.1) is 0 Å². The largest absolute Gasteiger partial charge is 0.385 e. The van der Waals surface area contributed by atoms with E-state index < -0.39 is 11.2 Å². The molecule has 1 unspecified atom stereocenters. The van der Waals surface area contributed by atoms with Gasteiger partial charge in [-0.3, -0.25) is 14.3 Å². The zero-order valence-electron chi connectivity index (χ0n) is 10.8. The Morgan fingerprint density at radius 1 is 1.33 bits per heavy atom. The Kier molecular flexibility index (Phi) is 5.64. The van der Waals surface area contributed by atoms with E-state index in [-0.39, 0.29) is 11.9 Å². The molecule has 0 bridgehead atoms. The first-order chi connectivity index (χ1) is 8.60. The molecule has 1 aromatic heterocycles. The summed E-state index contributed by atoms with van der Waals surface area (Å²) < 4.78 is 1.49. The SMILES string of the molecule is CCCC(CCCCN)n1c(N)cc(=O)[nH]c1=O. The third-order valence-electron chi connectivity index (χ3n) is 2.98. The molecular formula is C12H22N4O2. The molecule has 0 spiro atoms. The third kappa shape index (κ3) is 3.73. The molecule has 0 fully saturated rings. The van der Waals surface area contributed by atoms with Crippen LogP contribution < -0.4 is 22.7 Å². The second-order valence-electron chi connectivity index (χ2n) is 4.46. The van der Waals surface area contributed by atoms with Crippen LogP contribution in [0.15, 0.2) is 15.7 Å². The van der Waals surface area contributed by atoms with Crippen molar-refractivity contribution in [2.45, 2.75) is 45.1 Å². The van der Waals surface area contributed by atoms with Gasteiger partial charge in [-0.15, -0.1) is 0 Å². The molecule has 0 aliphatic rings. The normalized spacial score (nSPS) is 12.6. The van der Waals surface area contributed by atoms with E-state index in [0.29, 0.717) is 6.54 Å². The Bertz CT molecular complexity index is 478. The van der Waals surface area contributed by atoms with Gasteiger partial charge in [0.2, 0.25) is 0 Å². The highest BCUT2D eigenvalue weighted by atomic mass is 16.2. The van der Waals surface area contributed by atoms with Crippen LogP contribution in [0.1, 0.15) is 45.1 Å². The minimum atomic E-state index is -0.453. The number of nitrogens with one attached hydrogen (secondary N) is 1. The number of rotatable bonds is 7. The van der Waals surface area contributed by atoms with Crippen molar-refractivity contribution in [3.8, 4) is 0 Å². The van der Waals surface area contributed by atoms with Gasteiger partial charge < -0.3 is 11.5 Å². The smallest absolute Gasteiger partial charge is 0.330 e. The van der Waals surface area contributed by atoms with Gasteiger partial charge in [0, 0.05) is 12.1 Å². The first-order valence-electron chi connectivity index (χ1n) is 6.41. The fourth-order valence-electron chi connectivity index (χ4n) is 2.16. The van der Waals surface area contributed by atoms with Gasteiger partial charge in [0.25, 0.3) is 5.56 Å². The molecule has 0 aromatic carbocycles. The number of hydrogen-bond acceptors (Lipinski definition) is 4. The zero-order valence-corrected chi connectivity index (χ0v) is 10.8. The molecule has 0 aliphatic heterocycles. The van der Waals surface area contributed by atoms with Gasteiger partial charge in [-0.1, -0.05) is 19.8 Å². The summed E-state index contributed by atoms with van der Waals surface area (Å²) in [5.41, 5.74) is 10.4. The number of unbranched alkanes of at least 4 members (excludes halogenated alkanes) is 1. The van der Waals surface area contributed by atoms with Gasteiger partial charge in [-0.25, -0.2) is 4.79 Å². The van der Waals surface area contributed by atoms with Crippen LogP contribution in [-0.2, 0) is 0 Å². The molecule has 1 rings (SSSR count). The van der Waals surface area contributed by atoms with Gasteiger partial charge in [0.05, 0.1) is 0 Å². The summed E-state index contributed by atoms with van der Waals surface area (Å²) in [7, 11) is 0. The van der Waals surface area contributed by atoms with E-state index in [9.17, 15) is 9.59 Å². The Morgan fingerprint density at radius 2 is 2.06 bits per heavy atom. The van der Waals surface area contributed by atoms with Crippen molar-refractivity contribution in [3.63, 3.8) is 0 Å². The minimum Gasteiger partial charge on any atom is -0.385 e. The Labute approximate surface area is 106 Å². The minimum absolute atomic E-state index is 0.0332. The second-order valence-corrected chi connectivity index (χ2v) is 4.46. The molecule has 1 heterocycles. The fraction of sp³-hybridized carbons (Fsp3) is 0.667. The maximum absolute atomic E-state index is 11.8. The fourth-order valence-corrected chi connectivity index (χ4v) is 2.16. The van der Waals surface area contributed by atoms with E-state index in [0.717, 1.165) is 32.1 Å². The number of hydrogen-bond donors (Lipinski definition) is 3. The molecule has 0 radical (unpaired) electrons. The molecule has 1 aromatic rings. The average Bonchev–Trinajstić information content (AvgIpc) is 2.28. The topological polar surface area (TPSA) is 107 Å². The predicted octanol–water partition coefficient (Wildman–Crippen LogP) is 0.589. The van der Waals surface area contributed by atoms with Crippen LogP contribution >= 0.6 is 0 Å².